The molecule has 1 N–H and O–H groups in total. The largest absolute Gasteiger partial charge is 0.324 e. The number of amides is 3. The molecular weight excluding hydrogens is 364 g/mol. The van der Waals surface area contributed by atoms with Crippen LogP contribution in [0, 0.1) is 6.92 Å². The van der Waals surface area contributed by atoms with Crippen molar-refractivity contribution in [2.24, 2.45) is 0 Å². The Morgan fingerprint density at radius 1 is 0.828 bits per heavy atom. The van der Waals surface area contributed by atoms with Crippen molar-refractivity contribution in [3.8, 4) is 0 Å². The van der Waals surface area contributed by atoms with Gasteiger partial charge in [0.2, 0.25) is 5.91 Å². The maximum absolute atomic E-state index is 13.2. The lowest BCUT2D eigenvalue weighted by atomic mass is 10.0. The lowest BCUT2D eigenvalue weighted by Crippen LogP contribution is -2.48. The number of hydrogen-bond acceptors (Lipinski definition) is 3. The molecule has 0 bridgehead atoms. The molecule has 0 aromatic heterocycles. The van der Waals surface area contributed by atoms with Crippen LogP contribution in [-0.2, 0) is 11.2 Å². The highest BCUT2D eigenvalue weighted by Crippen LogP contribution is 2.26. The molecule has 29 heavy (non-hydrogen) atoms. The zero-order chi connectivity index (χ0) is 20.4. The minimum absolute atomic E-state index is 0.240. The molecule has 5 nitrogen and oxygen atoms in total. The maximum Gasteiger partial charge on any atom is 0.262 e. The van der Waals surface area contributed by atoms with Crippen molar-refractivity contribution >= 4 is 23.4 Å². The van der Waals surface area contributed by atoms with Gasteiger partial charge in [-0.1, -0.05) is 60.2 Å². The first-order valence-electron chi connectivity index (χ1n) is 9.43. The summed E-state index contributed by atoms with van der Waals surface area (Å²) in [5, 5.41) is 2.85. The van der Waals surface area contributed by atoms with E-state index < -0.39 is 23.8 Å². The number of benzene rings is 3. The van der Waals surface area contributed by atoms with Crippen LogP contribution >= 0.6 is 0 Å². The van der Waals surface area contributed by atoms with Gasteiger partial charge < -0.3 is 5.32 Å². The van der Waals surface area contributed by atoms with E-state index in [1.807, 2.05) is 49.4 Å². The van der Waals surface area contributed by atoms with E-state index in [-0.39, 0.29) is 6.42 Å². The van der Waals surface area contributed by atoms with Gasteiger partial charge in [0.1, 0.15) is 6.04 Å². The van der Waals surface area contributed by atoms with Gasteiger partial charge in [-0.05, 0) is 36.8 Å². The SMILES string of the molecule is Cc1ccc(NC(=O)[C@@H](Cc2ccccc2)N2C(=O)c3ccccc3C2=O)cc1. The summed E-state index contributed by atoms with van der Waals surface area (Å²) < 4.78 is 0. The maximum atomic E-state index is 13.2. The molecule has 1 atom stereocenters. The molecule has 1 heterocycles. The number of imide groups is 1. The summed E-state index contributed by atoms with van der Waals surface area (Å²) in [5.74, 6) is -1.27. The van der Waals surface area contributed by atoms with Gasteiger partial charge in [-0.2, -0.15) is 0 Å². The number of carbonyl (C=O) groups excluding carboxylic acids is 3. The summed E-state index contributed by atoms with van der Waals surface area (Å²) in [7, 11) is 0. The molecule has 3 aromatic carbocycles. The van der Waals surface area contributed by atoms with Crippen LogP contribution in [0.3, 0.4) is 0 Å². The number of nitrogens with zero attached hydrogens (tertiary/aromatic N) is 1. The van der Waals surface area contributed by atoms with Crippen LogP contribution in [-0.4, -0.2) is 28.7 Å². The Morgan fingerprint density at radius 3 is 1.97 bits per heavy atom. The lowest BCUT2D eigenvalue weighted by molar-refractivity contribution is -0.119. The highest BCUT2D eigenvalue weighted by Gasteiger charge is 2.42. The molecule has 0 saturated carbocycles. The van der Waals surface area contributed by atoms with Crippen molar-refractivity contribution in [3.63, 3.8) is 0 Å². The van der Waals surface area contributed by atoms with Gasteiger partial charge in [-0.25, -0.2) is 0 Å². The molecule has 3 aromatic rings. The quantitative estimate of drug-likeness (QED) is 0.680. The summed E-state index contributed by atoms with van der Waals surface area (Å²) in [6.45, 7) is 1.96. The molecule has 3 amide bonds. The molecule has 5 heteroatoms. The Balaban J connectivity index is 1.67. The van der Waals surface area contributed by atoms with Crippen LogP contribution in [0.4, 0.5) is 5.69 Å². The van der Waals surface area contributed by atoms with E-state index in [0.29, 0.717) is 16.8 Å². The van der Waals surface area contributed by atoms with E-state index in [4.69, 9.17) is 0 Å². The van der Waals surface area contributed by atoms with Crippen molar-refractivity contribution in [1.82, 2.24) is 4.90 Å². The van der Waals surface area contributed by atoms with E-state index in [2.05, 4.69) is 5.32 Å². The van der Waals surface area contributed by atoms with Gasteiger partial charge in [0.25, 0.3) is 11.8 Å². The molecule has 0 unspecified atom stereocenters. The second-order valence-corrected chi connectivity index (χ2v) is 7.09. The van der Waals surface area contributed by atoms with Crippen LogP contribution in [0.2, 0.25) is 0 Å². The first-order chi connectivity index (χ1) is 14.0. The number of rotatable bonds is 5. The summed E-state index contributed by atoms with van der Waals surface area (Å²) >= 11 is 0. The second-order valence-electron chi connectivity index (χ2n) is 7.09. The van der Waals surface area contributed by atoms with E-state index in [1.165, 1.54) is 0 Å². The van der Waals surface area contributed by atoms with Crippen LogP contribution in [0.5, 0.6) is 0 Å². The summed E-state index contributed by atoms with van der Waals surface area (Å²) in [4.78, 5) is 40.2. The third kappa shape index (κ3) is 3.67. The van der Waals surface area contributed by atoms with Gasteiger partial charge in [0.15, 0.2) is 0 Å². The third-order valence-corrected chi connectivity index (χ3v) is 5.03. The summed E-state index contributed by atoms with van der Waals surface area (Å²) in [6, 6.07) is 22.5. The van der Waals surface area contributed by atoms with E-state index in [1.54, 1.807) is 36.4 Å². The predicted molar refractivity (Wildman–Crippen MR) is 111 cm³/mol. The van der Waals surface area contributed by atoms with Gasteiger partial charge in [-0.15, -0.1) is 0 Å². The second kappa shape index (κ2) is 7.72. The zero-order valence-corrected chi connectivity index (χ0v) is 16.0. The molecule has 1 aliphatic rings. The summed E-state index contributed by atoms with van der Waals surface area (Å²) in [6.07, 6.45) is 0.240. The van der Waals surface area contributed by atoms with Crippen molar-refractivity contribution in [3.05, 3.63) is 101 Å². The predicted octanol–water partition coefficient (Wildman–Crippen LogP) is 3.84. The average molecular weight is 384 g/mol. The molecule has 0 aliphatic carbocycles. The van der Waals surface area contributed by atoms with Crippen molar-refractivity contribution in [2.75, 3.05) is 5.32 Å². The van der Waals surface area contributed by atoms with E-state index in [0.717, 1.165) is 16.0 Å². The molecule has 0 fully saturated rings. The number of fused-ring (bicyclic) bond motifs is 1. The number of nitrogens with one attached hydrogen (secondary N) is 1. The fourth-order valence-electron chi connectivity index (χ4n) is 3.49. The van der Waals surface area contributed by atoms with Crippen LogP contribution < -0.4 is 5.32 Å². The zero-order valence-electron chi connectivity index (χ0n) is 16.0. The Labute approximate surface area is 169 Å². The third-order valence-electron chi connectivity index (χ3n) is 5.03. The Bertz CT molecular complexity index is 1040. The molecule has 0 saturated heterocycles. The van der Waals surface area contributed by atoms with Crippen LogP contribution in [0.25, 0.3) is 0 Å². The first-order valence-corrected chi connectivity index (χ1v) is 9.43. The topological polar surface area (TPSA) is 66.5 Å². The van der Waals surface area contributed by atoms with Crippen LogP contribution in [0.1, 0.15) is 31.8 Å². The fourth-order valence-corrected chi connectivity index (χ4v) is 3.49. The molecule has 4 rings (SSSR count). The van der Waals surface area contributed by atoms with Crippen LogP contribution in [0.15, 0.2) is 78.9 Å². The minimum atomic E-state index is -0.953. The Morgan fingerprint density at radius 2 is 1.38 bits per heavy atom. The monoisotopic (exact) mass is 384 g/mol. The number of hydrogen-bond donors (Lipinski definition) is 1. The number of anilines is 1. The van der Waals surface area contributed by atoms with E-state index in [9.17, 15) is 14.4 Å². The molecular formula is C24H20N2O3. The molecule has 0 radical (unpaired) electrons. The van der Waals surface area contributed by atoms with Crippen molar-refractivity contribution in [1.29, 1.82) is 0 Å². The van der Waals surface area contributed by atoms with Crippen molar-refractivity contribution in [2.45, 2.75) is 19.4 Å². The molecule has 1 aliphatic heterocycles. The normalized spacial score (nSPS) is 13.9. The lowest BCUT2D eigenvalue weighted by Gasteiger charge is -2.25. The smallest absolute Gasteiger partial charge is 0.262 e. The fraction of sp³-hybridized carbons (Fsp3) is 0.125. The van der Waals surface area contributed by atoms with Gasteiger partial charge in [-0.3, -0.25) is 19.3 Å². The standard InChI is InChI=1S/C24H20N2O3/c1-16-11-13-18(14-12-16)25-22(27)21(15-17-7-3-2-4-8-17)26-23(28)19-9-5-6-10-20(19)24(26)29/h2-14,21H,15H2,1H3,(H,25,27)/t21-/m1/s1. The Hall–Kier alpha value is -3.73. The van der Waals surface area contributed by atoms with Gasteiger partial charge in [0.05, 0.1) is 11.1 Å². The number of carbonyl (C=O) groups is 3. The van der Waals surface area contributed by atoms with Crippen molar-refractivity contribution < 1.29 is 14.4 Å². The number of aryl methyl sites for hydroxylation is 1. The highest BCUT2D eigenvalue weighted by atomic mass is 16.2. The Kier molecular flexibility index (Phi) is 4.96. The first kappa shape index (κ1) is 18.6. The van der Waals surface area contributed by atoms with E-state index >= 15 is 0 Å². The molecule has 144 valence electrons. The van der Waals surface area contributed by atoms with Gasteiger partial charge >= 0.3 is 0 Å². The molecule has 0 spiro atoms. The average Bonchev–Trinajstić information content (AvgIpc) is 2.99. The minimum Gasteiger partial charge on any atom is -0.324 e. The summed E-state index contributed by atoms with van der Waals surface area (Å²) in [5.41, 5.74) is 3.23. The van der Waals surface area contributed by atoms with Gasteiger partial charge in [0, 0.05) is 12.1 Å². The highest BCUT2D eigenvalue weighted by molar-refractivity contribution is 6.23.